The Morgan fingerprint density at radius 1 is 1.73 bits per heavy atom. The molecule has 0 saturated carbocycles. The molecule has 1 saturated heterocycles. The van der Waals surface area contributed by atoms with Crippen LogP contribution in [0.1, 0.15) is 19.8 Å². The lowest BCUT2D eigenvalue weighted by Crippen LogP contribution is -2.54. The second-order valence-corrected chi connectivity index (χ2v) is 3.72. The number of nitrogens with one attached hydrogen (secondary N) is 1. The molecule has 0 radical (unpaired) electrons. The third kappa shape index (κ3) is 2.35. The van der Waals surface area contributed by atoms with Gasteiger partial charge in [-0.1, -0.05) is 0 Å². The van der Waals surface area contributed by atoms with Crippen molar-refractivity contribution in [3.8, 4) is 0 Å². The van der Waals surface area contributed by atoms with Gasteiger partial charge in [-0.3, -0.25) is 4.79 Å². The molecule has 2 atom stereocenters. The molecule has 1 heterocycles. The van der Waals surface area contributed by atoms with Crippen LogP contribution in [-0.4, -0.2) is 43.2 Å². The number of carbonyl (C=O) groups excluding carboxylic acids is 2. The van der Waals surface area contributed by atoms with Gasteiger partial charge in [-0.15, -0.1) is 0 Å². The van der Waals surface area contributed by atoms with Gasteiger partial charge in [-0.2, -0.15) is 0 Å². The summed E-state index contributed by atoms with van der Waals surface area (Å²) in [5.41, 5.74) is -1.04. The lowest BCUT2D eigenvalue weighted by molar-refractivity contribution is -0.167. The molecular weight excluding hydrogens is 198 g/mol. The van der Waals surface area contributed by atoms with Crippen LogP contribution in [0, 0.1) is 5.41 Å². The van der Waals surface area contributed by atoms with Crippen molar-refractivity contribution in [1.82, 2.24) is 5.32 Å². The van der Waals surface area contributed by atoms with Gasteiger partial charge < -0.3 is 20.0 Å². The van der Waals surface area contributed by atoms with Crippen molar-refractivity contribution >= 4 is 12.3 Å². The maximum absolute atomic E-state index is 11.8. The molecule has 5 nitrogen and oxygen atoms in total. The van der Waals surface area contributed by atoms with Gasteiger partial charge in [0.25, 0.3) is 0 Å². The number of hydrogen-bond acceptors (Lipinski definition) is 5. The molecule has 1 aliphatic rings. The summed E-state index contributed by atoms with van der Waals surface area (Å²) in [5, 5.41) is 12.8. The highest BCUT2D eigenvalue weighted by atomic mass is 16.5. The summed E-state index contributed by atoms with van der Waals surface area (Å²) in [5.74, 6) is -0.467. The van der Waals surface area contributed by atoms with E-state index in [1.54, 1.807) is 6.92 Å². The summed E-state index contributed by atoms with van der Waals surface area (Å²) in [6, 6.07) is 0. The van der Waals surface area contributed by atoms with E-state index in [4.69, 9.17) is 4.74 Å². The monoisotopic (exact) mass is 215 g/mol. The molecule has 2 N–H and O–H groups in total. The Labute approximate surface area is 88.8 Å². The molecule has 0 spiro atoms. The number of esters is 1. The zero-order valence-electron chi connectivity index (χ0n) is 8.86. The molecule has 2 unspecified atom stereocenters. The van der Waals surface area contributed by atoms with Crippen LogP contribution < -0.4 is 5.32 Å². The van der Waals surface area contributed by atoms with Crippen molar-refractivity contribution in [3.63, 3.8) is 0 Å². The summed E-state index contributed by atoms with van der Waals surface area (Å²) in [7, 11) is 0. The van der Waals surface area contributed by atoms with Crippen molar-refractivity contribution in [3.05, 3.63) is 0 Å². The van der Waals surface area contributed by atoms with Gasteiger partial charge in [-0.25, -0.2) is 0 Å². The second-order valence-electron chi connectivity index (χ2n) is 3.72. The highest BCUT2D eigenvalue weighted by Gasteiger charge is 2.47. The number of aliphatic hydroxyl groups is 1. The number of piperidine rings is 1. The van der Waals surface area contributed by atoms with E-state index >= 15 is 0 Å². The average Bonchev–Trinajstić information content (AvgIpc) is 2.22. The van der Waals surface area contributed by atoms with Gasteiger partial charge in [0.2, 0.25) is 0 Å². The number of β-amino-alcohol motifs (C(OH)–C–C–N with tert-alkyl or cyclic N) is 1. The Kier molecular flexibility index (Phi) is 4.23. The van der Waals surface area contributed by atoms with Crippen LogP contribution >= 0.6 is 0 Å². The van der Waals surface area contributed by atoms with Crippen LogP contribution in [0.15, 0.2) is 0 Å². The fraction of sp³-hybridized carbons (Fsp3) is 0.800. The van der Waals surface area contributed by atoms with Gasteiger partial charge in [0, 0.05) is 13.0 Å². The Morgan fingerprint density at radius 3 is 3.00 bits per heavy atom. The van der Waals surface area contributed by atoms with Crippen molar-refractivity contribution in [2.75, 3.05) is 19.7 Å². The van der Waals surface area contributed by atoms with Crippen molar-refractivity contribution < 1.29 is 19.4 Å². The first-order chi connectivity index (χ1) is 7.17. The average molecular weight is 215 g/mol. The topological polar surface area (TPSA) is 75.6 Å². The number of aliphatic hydroxyl groups excluding tert-OH is 1. The molecule has 0 bridgehead atoms. The molecule has 1 fully saturated rings. The number of ether oxygens (including phenoxy) is 1. The largest absolute Gasteiger partial charge is 0.465 e. The van der Waals surface area contributed by atoms with Gasteiger partial charge in [0.05, 0.1) is 12.7 Å². The molecule has 0 aromatic heterocycles. The molecule has 15 heavy (non-hydrogen) atoms. The molecule has 0 amide bonds. The maximum atomic E-state index is 11.8. The first-order valence-corrected chi connectivity index (χ1v) is 5.17. The third-order valence-corrected chi connectivity index (χ3v) is 2.85. The van der Waals surface area contributed by atoms with Crippen LogP contribution in [0.2, 0.25) is 0 Å². The molecule has 86 valence electrons. The lowest BCUT2D eigenvalue weighted by atomic mass is 9.74. The molecule has 0 aromatic carbocycles. The van der Waals surface area contributed by atoms with Gasteiger partial charge in [-0.05, 0) is 19.9 Å². The maximum Gasteiger partial charge on any atom is 0.315 e. The molecule has 0 aliphatic carbocycles. The zero-order valence-corrected chi connectivity index (χ0v) is 8.86. The smallest absolute Gasteiger partial charge is 0.315 e. The first kappa shape index (κ1) is 12.1. The van der Waals surface area contributed by atoms with Crippen LogP contribution in [0.5, 0.6) is 0 Å². The van der Waals surface area contributed by atoms with Crippen LogP contribution in [-0.2, 0) is 14.3 Å². The Hall–Kier alpha value is -0.940. The number of aldehydes is 1. The standard InChI is InChI=1S/C10H17NO4/c1-2-15-9(14)10(4-6-12)3-5-11-7-8(10)13/h6,8,11,13H,2-5,7H2,1H3. The van der Waals surface area contributed by atoms with Crippen LogP contribution in [0.25, 0.3) is 0 Å². The lowest BCUT2D eigenvalue weighted by Gasteiger charge is -2.38. The van der Waals surface area contributed by atoms with Gasteiger partial charge in [0.1, 0.15) is 11.7 Å². The molecule has 1 rings (SSSR count). The normalized spacial score (nSPS) is 30.9. The summed E-state index contributed by atoms with van der Waals surface area (Å²) in [6.45, 7) is 2.91. The van der Waals surface area contributed by atoms with E-state index in [0.717, 1.165) is 0 Å². The van der Waals surface area contributed by atoms with Crippen molar-refractivity contribution in [2.24, 2.45) is 5.41 Å². The summed E-state index contributed by atoms with van der Waals surface area (Å²) in [6.07, 6.45) is 0.279. The Morgan fingerprint density at radius 2 is 2.47 bits per heavy atom. The molecular formula is C10H17NO4. The summed E-state index contributed by atoms with van der Waals surface area (Å²) >= 11 is 0. The quantitative estimate of drug-likeness (QED) is 0.487. The van der Waals surface area contributed by atoms with Crippen molar-refractivity contribution in [2.45, 2.75) is 25.9 Å². The highest BCUT2D eigenvalue weighted by molar-refractivity contribution is 5.81. The van der Waals surface area contributed by atoms with Crippen molar-refractivity contribution in [1.29, 1.82) is 0 Å². The second kappa shape index (κ2) is 5.23. The van der Waals surface area contributed by atoms with Gasteiger partial charge in [0.15, 0.2) is 0 Å². The summed E-state index contributed by atoms with van der Waals surface area (Å²) in [4.78, 5) is 22.3. The van der Waals surface area contributed by atoms with Gasteiger partial charge >= 0.3 is 5.97 Å². The molecule has 5 heteroatoms. The zero-order chi connectivity index (χ0) is 11.3. The first-order valence-electron chi connectivity index (χ1n) is 5.17. The SMILES string of the molecule is CCOC(=O)C1(CC=O)CCNCC1O. The fourth-order valence-electron chi connectivity index (χ4n) is 1.90. The number of rotatable bonds is 4. The van der Waals surface area contributed by atoms with E-state index in [1.165, 1.54) is 0 Å². The predicted octanol–water partition coefficient (Wildman–Crippen LogP) is -0.521. The number of carbonyl (C=O) groups is 2. The van der Waals surface area contributed by atoms with E-state index < -0.39 is 17.5 Å². The fourth-order valence-corrected chi connectivity index (χ4v) is 1.90. The minimum Gasteiger partial charge on any atom is -0.465 e. The molecule has 0 aromatic rings. The van der Waals surface area contributed by atoms with E-state index in [9.17, 15) is 14.7 Å². The number of hydrogen-bond donors (Lipinski definition) is 2. The highest BCUT2D eigenvalue weighted by Crippen LogP contribution is 2.33. The summed E-state index contributed by atoms with van der Waals surface area (Å²) < 4.78 is 4.92. The minimum absolute atomic E-state index is 0.0225. The Bertz CT molecular complexity index is 244. The van der Waals surface area contributed by atoms with E-state index in [1.807, 2.05) is 0 Å². The predicted molar refractivity (Wildman–Crippen MR) is 53.2 cm³/mol. The van der Waals surface area contributed by atoms with E-state index in [-0.39, 0.29) is 13.0 Å². The van der Waals surface area contributed by atoms with Crippen LogP contribution in [0.4, 0.5) is 0 Å². The minimum atomic E-state index is -1.04. The Balaban J connectivity index is 2.84. The molecule has 1 aliphatic heterocycles. The van der Waals surface area contributed by atoms with E-state index in [0.29, 0.717) is 25.8 Å². The third-order valence-electron chi connectivity index (χ3n) is 2.85. The van der Waals surface area contributed by atoms with Crippen LogP contribution in [0.3, 0.4) is 0 Å². The van der Waals surface area contributed by atoms with E-state index in [2.05, 4.69) is 5.32 Å².